The van der Waals surface area contributed by atoms with Gasteiger partial charge in [-0.3, -0.25) is 14.7 Å². The van der Waals surface area contributed by atoms with Gasteiger partial charge in [0.25, 0.3) is 5.91 Å². The van der Waals surface area contributed by atoms with E-state index in [-0.39, 0.29) is 17.1 Å². The summed E-state index contributed by atoms with van der Waals surface area (Å²) in [5.41, 5.74) is 1.51. The predicted octanol–water partition coefficient (Wildman–Crippen LogP) is 4.12. The first-order chi connectivity index (χ1) is 14.4. The van der Waals surface area contributed by atoms with E-state index in [1.807, 2.05) is 37.2 Å². The van der Waals surface area contributed by atoms with Crippen LogP contribution in [0.5, 0.6) is 0 Å². The van der Waals surface area contributed by atoms with E-state index >= 15 is 0 Å². The lowest BCUT2D eigenvalue weighted by Crippen LogP contribution is -2.34. The number of para-hydroxylation sites is 2. The minimum absolute atomic E-state index is 0.0476. The molecule has 0 spiro atoms. The summed E-state index contributed by atoms with van der Waals surface area (Å²) in [5, 5.41) is 0.299. The monoisotopic (exact) mass is 427 g/mol. The van der Waals surface area contributed by atoms with Crippen LogP contribution in [0.4, 0.5) is 13.9 Å². The fourth-order valence-electron chi connectivity index (χ4n) is 3.09. The van der Waals surface area contributed by atoms with E-state index in [0.717, 1.165) is 23.9 Å². The molecular formula is C21H19F2N5OS. The van der Waals surface area contributed by atoms with Crippen LogP contribution in [-0.4, -0.2) is 52.9 Å². The molecule has 0 fully saturated rings. The van der Waals surface area contributed by atoms with Gasteiger partial charge >= 0.3 is 0 Å². The van der Waals surface area contributed by atoms with Crippen molar-refractivity contribution in [2.45, 2.75) is 6.42 Å². The van der Waals surface area contributed by atoms with Gasteiger partial charge in [-0.2, -0.15) is 0 Å². The van der Waals surface area contributed by atoms with Crippen molar-refractivity contribution >= 4 is 43.6 Å². The molecule has 2 heterocycles. The Balaban J connectivity index is 1.73. The molecule has 4 aromatic rings. The number of amides is 1. The number of anilines is 1. The van der Waals surface area contributed by atoms with Crippen LogP contribution in [0.25, 0.3) is 21.3 Å². The van der Waals surface area contributed by atoms with E-state index in [9.17, 15) is 13.6 Å². The van der Waals surface area contributed by atoms with Crippen LogP contribution in [-0.2, 0) is 0 Å². The Labute approximate surface area is 175 Å². The molecular weight excluding hydrogens is 408 g/mol. The molecule has 154 valence electrons. The van der Waals surface area contributed by atoms with Crippen molar-refractivity contribution in [1.29, 1.82) is 0 Å². The Kier molecular flexibility index (Phi) is 5.65. The minimum Gasteiger partial charge on any atom is -0.309 e. The molecule has 0 saturated carbocycles. The van der Waals surface area contributed by atoms with E-state index in [1.165, 1.54) is 17.2 Å². The van der Waals surface area contributed by atoms with Gasteiger partial charge in [-0.05, 0) is 45.3 Å². The highest BCUT2D eigenvalue weighted by Crippen LogP contribution is 2.32. The second-order valence-corrected chi connectivity index (χ2v) is 8.10. The number of hydrogen-bond acceptors (Lipinski definition) is 6. The van der Waals surface area contributed by atoms with Crippen LogP contribution in [0.1, 0.15) is 16.9 Å². The summed E-state index contributed by atoms with van der Waals surface area (Å²) >= 11 is 1.07. The molecule has 9 heteroatoms. The lowest BCUT2D eigenvalue weighted by molar-refractivity contribution is 0.0981. The summed E-state index contributed by atoms with van der Waals surface area (Å²) in [6.07, 6.45) is 2.10. The van der Waals surface area contributed by atoms with E-state index in [2.05, 4.69) is 15.0 Å². The zero-order valence-corrected chi connectivity index (χ0v) is 17.3. The SMILES string of the molecule is CN(C)CCCN(C(=O)c1cnc2ccccc2n1)c1nc2c(F)cc(F)cc2s1. The third-order valence-corrected chi connectivity index (χ3v) is 5.56. The van der Waals surface area contributed by atoms with Gasteiger partial charge < -0.3 is 4.90 Å². The molecule has 0 N–H and O–H groups in total. The molecule has 0 aliphatic rings. The lowest BCUT2D eigenvalue weighted by Gasteiger charge is -2.20. The van der Waals surface area contributed by atoms with Crippen molar-refractivity contribution in [2.24, 2.45) is 0 Å². The summed E-state index contributed by atoms with van der Waals surface area (Å²) in [6, 6.07) is 9.28. The standard InChI is InChI=1S/C21H19F2N5OS/c1-27(2)8-5-9-28(21-26-19-14(23)10-13(22)11-18(19)30-21)20(29)17-12-24-15-6-3-4-7-16(15)25-17/h3-4,6-7,10-12H,5,8-9H2,1-2H3. The number of aromatic nitrogens is 3. The summed E-state index contributed by atoms with van der Waals surface area (Å²) in [4.78, 5) is 29.8. The van der Waals surface area contributed by atoms with Crippen molar-refractivity contribution in [1.82, 2.24) is 19.9 Å². The molecule has 6 nitrogen and oxygen atoms in total. The smallest absolute Gasteiger partial charge is 0.280 e. The maximum atomic E-state index is 14.2. The molecule has 0 atom stereocenters. The maximum Gasteiger partial charge on any atom is 0.280 e. The van der Waals surface area contributed by atoms with Crippen molar-refractivity contribution in [3.8, 4) is 0 Å². The fraction of sp³-hybridized carbons (Fsp3) is 0.238. The molecule has 0 aliphatic carbocycles. The average Bonchev–Trinajstić information content (AvgIpc) is 3.14. The number of benzene rings is 2. The summed E-state index contributed by atoms with van der Waals surface area (Å²) < 4.78 is 28.1. The van der Waals surface area contributed by atoms with E-state index in [4.69, 9.17) is 0 Å². The first kappa shape index (κ1) is 20.2. The van der Waals surface area contributed by atoms with Crippen LogP contribution in [0, 0.1) is 11.6 Å². The molecule has 0 saturated heterocycles. The summed E-state index contributed by atoms with van der Waals surface area (Å²) in [5.74, 6) is -1.81. The number of carbonyl (C=O) groups is 1. The third-order valence-electron chi connectivity index (χ3n) is 4.53. The van der Waals surface area contributed by atoms with E-state index < -0.39 is 11.6 Å². The normalized spacial score (nSPS) is 11.5. The molecule has 2 aromatic carbocycles. The third kappa shape index (κ3) is 4.12. The second kappa shape index (κ2) is 8.37. The first-order valence-corrected chi connectivity index (χ1v) is 10.2. The molecule has 2 aromatic heterocycles. The Morgan fingerprint density at radius 3 is 2.60 bits per heavy atom. The van der Waals surface area contributed by atoms with E-state index in [1.54, 1.807) is 6.07 Å². The Hall–Kier alpha value is -3.04. The van der Waals surface area contributed by atoms with Crippen molar-refractivity contribution in [3.05, 3.63) is 59.9 Å². The highest BCUT2D eigenvalue weighted by Gasteiger charge is 2.24. The molecule has 4 rings (SSSR count). The zero-order valence-electron chi connectivity index (χ0n) is 16.5. The van der Waals surface area contributed by atoms with Crippen molar-refractivity contribution in [3.63, 3.8) is 0 Å². The van der Waals surface area contributed by atoms with Crippen molar-refractivity contribution < 1.29 is 13.6 Å². The zero-order chi connectivity index (χ0) is 21.3. The molecule has 30 heavy (non-hydrogen) atoms. The maximum absolute atomic E-state index is 14.2. The highest BCUT2D eigenvalue weighted by atomic mass is 32.1. The Morgan fingerprint density at radius 1 is 1.07 bits per heavy atom. The van der Waals surface area contributed by atoms with E-state index in [0.29, 0.717) is 33.8 Å². The fourth-order valence-corrected chi connectivity index (χ4v) is 4.12. The summed E-state index contributed by atoms with van der Waals surface area (Å²) in [6.45, 7) is 1.11. The van der Waals surface area contributed by atoms with Gasteiger partial charge in [0.05, 0.1) is 21.9 Å². The van der Waals surface area contributed by atoms with Gasteiger partial charge in [-0.15, -0.1) is 0 Å². The van der Waals surface area contributed by atoms with Gasteiger partial charge in [0.15, 0.2) is 10.9 Å². The number of nitrogens with zero attached hydrogens (tertiary/aromatic N) is 5. The second-order valence-electron chi connectivity index (χ2n) is 7.09. The number of carbonyl (C=O) groups excluding carboxylic acids is 1. The van der Waals surface area contributed by atoms with Gasteiger partial charge in [-0.1, -0.05) is 23.5 Å². The molecule has 0 aliphatic heterocycles. The Morgan fingerprint density at radius 2 is 1.83 bits per heavy atom. The Bertz CT molecular complexity index is 1230. The van der Waals surface area contributed by atoms with Gasteiger partial charge in [0, 0.05) is 12.6 Å². The van der Waals surface area contributed by atoms with Gasteiger partial charge in [-0.25, -0.2) is 18.7 Å². The van der Waals surface area contributed by atoms with Crippen LogP contribution in [0.2, 0.25) is 0 Å². The number of fused-ring (bicyclic) bond motifs is 2. The van der Waals surface area contributed by atoms with Crippen LogP contribution in [0.15, 0.2) is 42.6 Å². The predicted molar refractivity (Wildman–Crippen MR) is 114 cm³/mol. The largest absolute Gasteiger partial charge is 0.309 e. The topological polar surface area (TPSA) is 62.2 Å². The molecule has 0 radical (unpaired) electrons. The quantitative estimate of drug-likeness (QED) is 0.463. The number of thiazole rings is 1. The number of rotatable bonds is 6. The van der Waals surface area contributed by atoms with Gasteiger partial charge in [0.1, 0.15) is 17.0 Å². The van der Waals surface area contributed by atoms with Crippen LogP contribution < -0.4 is 4.90 Å². The number of halogens is 2. The van der Waals surface area contributed by atoms with Crippen LogP contribution >= 0.6 is 11.3 Å². The number of hydrogen-bond donors (Lipinski definition) is 0. The first-order valence-electron chi connectivity index (χ1n) is 9.36. The van der Waals surface area contributed by atoms with Crippen LogP contribution in [0.3, 0.4) is 0 Å². The molecule has 0 unspecified atom stereocenters. The summed E-state index contributed by atoms with van der Waals surface area (Å²) in [7, 11) is 3.88. The van der Waals surface area contributed by atoms with Gasteiger partial charge in [0.2, 0.25) is 0 Å². The molecule has 0 bridgehead atoms. The molecule has 1 amide bonds. The van der Waals surface area contributed by atoms with Crippen molar-refractivity contribution in [2.75, 3.05) is 32.1 Å². The minimum atomic E-state index is -0.751. The highest BCUT2D eigenvalue weighted by molar-refractivity contribution is 7.22. The average molecular weight is 427 g/mol. The lowest BCUT2D eigenvalue weighted by atomic mass is 10.2.